The molecule has 0 aromatic rings. The number of hydrogen-bond donors (Lipinski definition) is 1. The summed E-state index contributed by atoms with van der Waals surface area (Å²) in [6.45, 7) is 6.95. The lowest BCUT2D eigenvalue weighted by Gasteiger charge is -2.19. The van der Waals surface area contributed by atoms with Gasteiger partial charge in [-0.1, -0.05) is 0 Å². The van der Waals surface area contributed by atoms with Crippen molar-refractivity contribution in [3.63, 3.8) is 0 Å². The van der Waals surface area contributed by atoms with Crippen LogP contribution in [0.1, 0.15) is 34.1 Å². The van der Waals surface area contributed by atoms with Gasteiger partial charge in [0.2, 0.25) is 0 Å². The van der Waals surface area contributed by atoms with Gasteiger partial charge in [-0.25, -0.2) is 8.42 Å². The minimum absolute atomic E-state index is 0.0397. The van der Waals surface area contributed by atoms with Gasteiger partial charge in [0, 0.05) is 6.04 Å². The summed E-state index contributed by atoms with van der Waals surface area (Å²) in [5.41, 5.74) is 5.48. The van der Waals surface area contributed by atoms with E-state index in [0.717, 1.165) is 0 Å². The lowest BCUT2D eigenvalue weighted by Crippen LogP contribution is -2.32. The van der Waals surface area contributed by atoms with Crippen molar-refractivity contribution >= 4 is 9.84 Å². The first kappa shape index (κ1) is 11.9. The Morgan fingerprint density at radius 1 is 1.33 bits per heavy atom. The van der Waals surface area contributed by atoms with Crippen LogP contribution in [0.5, 0.6) is 0 Å². The van der Waals surface area contributed by atoms with E-state index >= 15 is 0 Å². The Kier molecular flexibility index (Phi) is 3.72. The zero-order chi connectivity index (χ0) is 9.99. The first-order valence-corrected chi connectivity index (χ1v) is 5.80. The van der Waals surface area contributed by atoms with E-state index in [2.05, 4.69) is 0 Å². The van der Waals surface area contributed by atoms with E-state index in [-0.39, 0.29) is 11.8 Å². The average Bonchev–Trinajstić information content (AvgIpc) is 1.81. The number of nitrogens with two attached hydrogens (primary N) is 1. The molecule has 0 aliphatic rings. The maximum Gasteiger partial charge on any atom is 0.155 e. The highest BCUT2D eigenvalue weighted by Gasteiger charge is 2.28. The Balaban J connectivity index is 4.27. The van der Waals surface area contributed by atoms with Crippen LogP contribution in [0.3, 0.4) is 0 Å². The molecule has 0 radical (unpaired) electrons. The Morgan fingerprint density at radius 3 is 2.00 bits per heavy atom. The quantitative estimate of drug-likeness (QED) is 0.725. The molecular weight excluding hydrogens is 174 g/mol. The van der Waals surface area contributed by atoms with Crippen LogP contribution in [0.15, 0.2) is 0 Å². The van der Waals surface area contributed by atoms with E-state index in [1.807, 2.05) is 6.92 Å². The molecule has 0 spiro atoms. The van der Waals surface area contributed by atoms with Gasteiger partial charge in [-0.15, -0.1) is 0 Å². The van der Waals surface area contributed by atoms with Crippen LogP contribution in [0.2, 0.25) is 0 Å². The van der Waals surface area contributed by atoms with Crippen LogP contribution >= 0.6 is 0 Å². The molecular formula is C8H19NO2S. The zero-order valence-electron chi connectivity index (χ0n) is 8.29. The number of sulfone groups is 1. The van der Waals surface area contributed by atoms with Crippen LogP contribution < -0.4 is 5.73 Å². The molecule has 0 aromatic carbocycles. The molecule has 0 bridgehead atoms. The fraction of sp³-hybridized carbons (Fsp3) is 1.00. The Bertz CT molecular complexity index is 224. The van der Waals surface area contributed by atoms with Gasteiger partial charge in [0.15, 0.2) is 9.84 Å². The molecule has 0 aliphatic carbocycles. The molecule has 2 N–H and O–H groups in total. The van der Waals surface area contributed by atoms with E-state index in [4.69, 9.17) is 5.73 Å². The van der Waals surface area contributed by atoms with E-state index in [1.54, 1.807) is 20.8 Å². The molecule has 3 nitrogen and oxygen atoms in total. The highest BCUT2D eigenvalue weighted by atomic mass is 32.2. The Labute approximate surface area is 75.3 Å². The summed E-state index contributed by atoms with van der Waals surface area (Å²) in [6.07, 6.45) is 0.541. The highest BCUT2D eigenvalue weighted by molar-refractivity contribution is 7.92. The Hall–Kier alpha value is -0.0900. The van der Waals surface area contributed by atoms with Gasteiger partial charge in [0.25, 0.3) is 0 Å². The van der Waals surface area contributed by atoms with Crippen molar-refractivity contribution in [2.45, 2.75) is 44.9 Å². The molecule has 0 heterocycles. The predicted molar refractivity (Wildman–Crippen MR) is 51.8 cm³/mol. The number of rotatable bonds is 3. The zero-order valence-corrected chi connectivity index (χ0v) is 9.11. The second-order valence-electron chi connectivity index (χ2n) is 4.20. The standard InChI is InChI=1S/C8H19NO2S/c1-7(9)5-6-12(10,11)8(2,3)4/h7H,5-6,9H2,1-4H3. The fourth-order valence-corrected chi connectivity index (χ4v) is 1.94. The highest BCUT2D eigenvalue weighted by Crippen LogP contribution is 2.16. The molecule has 1 unspecified atom stereocenters. The smallest absolute Gasteiger partial charge is 0.155 e. The fourth-order valence-electron chi connectivity index (χ4n) is 0.647. The maximum atomic E-state index is 11.5. The van der Waals surface area contributed by atoms with Crippen molar-refractivity contribution in [1.29, 1.82) is 0 Å². The molecule has 0 saturated heterocycles. The first-order chi connectivity index (χ1) is 5.17. The van der Waals surface area contributed by atoms with Crippen LogP contribution in [0.4, 0.5) is 0 Å². The van der Waals surface area contributed by atoms with Crippen molar-refractivity contribution in [2.24, 2.45) is 5.73 Å². The third-order valence-corrected chi connectivity index (χ3v) is 4.41. The van der Waals surface area contributed by atoms with Crippen molar-refractivity contribution in [3.8, 4) is 0 Å². The molecule has 4 heteroatoms. The summed E-state index contributed by atoms with van der Waals surface area (Å²) in [7, 11) is -2.97. The first-order valence-electron chi connectivity index (χ1n) is 4.15. The average molecular weight is 193 g/mol. The predicted octanol–water partition coefficient (Wildman–Crippen LogP) is 0.937. The minimum atomic E-state index is -2.97. The van der Waals surface area contributed by atoms with Gasteiger partial charge in [0.05, 0.1) is 10.5 Å². The molecule has 1 atom stereocenters. The topological polar surface area (TPSA) is 60.2 Å². The molecule has 0 amide bonds. The summed E-state index contributed by atoms with van der Waals surface area (Å²) >= 11 is 0. The van der Waals surface area contributed by atoms with Gasteiger partial charge in [0.1, 0.15) is 0 Å². The van der Waals surface area contributed by atoms with Gasteiger partial charge < -0.3 is 5.73 Å². The minimum Gasteiger partial charge on any atom is -0.328 e. The van der Waals surface area contributed by atoms with E-state index in [0.29, 0.717) is 6.42 Å². The monoisotopic (exact) mass is 193 g/mol. The molecule has 12 heavy (non-hydrogen) atoms. The van der Waals surface area contributed by atoms with E-state index in [1.165, 1.54) is 0 Å². The normalized spacial score (nSPS) is 16.1. The Morgan fingerprint density at radius 2 is 1.75 bits per heavy atom. The third kappa shape index (κ3) is 3.54. The third-order valence-electron chi connectivity index (χ3n) is 1.77. The van der Waals surface area contributed by atoms with Crippen molar-refractivity contribution < 1.29 is 8.42 Å². The van der Waals surface area contributed by atoms with Crippen molar-refractivity contribution in [2.75, 3.05) is 5.75 Å². The summed E-state index contributed by atoms with van der Waals surface area (Å²) in [4.78, 5) is 0. The van der Waals surface area contributed by atoms with Crippen LogP contribution in [0.25, 0.3) is 0 Å². The largest absolute Gasteiger partial charge is 0.328 e. The van der Waals surface area contributed by atoms with E-state index < -0.39 is 14.6 Å². The summed E-state index contributed by atoms with van der Waals surface area (Å²) in [5, 5.41) is 0. The van der Waals surface area contributed by atoms with Crippen molar-refractivity contribution in [1.82, 2.24) is 0 Å². The van der Waals surface area contributed by atoms with Gasteiger partial charge >= 0.3 is 0 Å². The summed E-state index contributed by atoms with van der Waals surface area (Å²) in [6, 6.07) is -0.0397. The molecule has 0 fully saturated rings. The lowest BCUT2D eigenvalue weighted by molar-refractivity contribution is 0.553. The van der Waals surface area contributed by atoms with Crippen LogP contribution in [0, 0.1) is 0 Å². The second-order valence-corrected chi connectivity index (χ2v) is 7.06. The summed E-state index contributed by atoms with van der Waals surface area (Å²) < 4.78 is 22.4. The summed E-state index contributed by atoms with van der Waals surface area (Å²) in [5.74, 6) is 0.189. The number of hydrogen-bond acceptors (Lipinski definition) is 3. The van der Waals surface area contributed by atoms with Gasteiger partial charge in [-0.05, 0) is 34.1 Å². The van der Waals surface area contributed by atoms with Crippen molar-refractivity contribution in [3.05, 3.63) is 0 Å². The van der Waals surface area contributed by atoms with Crippen LogP contribution in [-0.4, -0.2) is 25.0 Å². The van der Waals surface area contributed by atoms with Gasteiger partial charge in [-0.2, -0.15) is 0 Å². The van der Waals surface area contributed by atoms with E-state index in [9.17, 15) is 8.42 Å². The molecule has 0 rings (SSSR count). The maximum absolute atomic E-state index is 11.5. The van der Waals surface area contributed by atoms with Gasteiger partial charge in [-0.3, -0.25) is 0 Å². The SMILES string of the molecule is CC(N)CCS(=O)(=O)C(C)(C)C. The molecule has 74 valence electrons. The molecule has 0 aliphatic heterocycles. The lowest BCUT2D eigenvalue weighted by atomic mass is 10.3. The second kappa shape index (κ2) is 3.75. The molecule has 0 aromatic heterocycles. The molecule has 0 saturated carbocycles. The van der Waals surface area contributed by atoms with Crippen LogP contribution in [-0.2, 0) is 9.84 Å².